The highest BCUT2D eigenvalue weighted by atomic mass is 35.5. The minimum atomic E-state index is 0.124. The largest absolute Gasteiger partial charge is 0.350 e. The van der Waals surface area contributed by atoms with Gasteiger partial charge in [-0.25, -0.2) is 4.98 Å². The normalized spacial score (nSPS) is 17.5. The molecule has 0 radical (unpaired) electrons. The van der Waals surface area contributed by atoms with Crippen LogP contribution >= 0.6 is 11.6 Å². The van der Waals surface area contributed by atoms with Crippen LogP contribution in [0.15, 0.2) is 36.8 Å². The Morgan fingerprint density at radius 2 is 2.35 bits per heavy atom. The Labute approximate surface area is 140 Å². The first-order valence-electron chi connectivity index (χ1n) is 7.73. The van der Waals surface area contributed by atoms with Gasteiger partial charge in [0.1, 0.15) is 5.82 Å². The van der Waals surface area contributed by atoms with E-state index in [4.69, 9.17) is 11.6 Å². The molecule has 0 bridgehead atoms. The quantitative estimate of drug-likeness (QED) is 0.840. The number of pyridine rings is 1. The van der Waals surface area contributed by atoms with Crippen molar-refractivity contribution in [1.82, 2.24) is 19.7 Å². The van der Waals surface area contributed by atoms with Gasteiger partial charge in [0.15, 0.2) is 0 Å². The summed E-state index contributed by atoms with van der Waals surface area (Å²) >= 11 is 5.85. The number of hydrogen-bond acceptors (Lipinski definition) is 4. The number of carbonyl (C=O) groups excluding carboxylic acids is 1. The molecule has 1 aliphatic heterocycles. The standard InChI is InChI=1S/C16H20ClN5O/c1-20(15-6-5-13(17)10-18-15)12-16(23)22-9-2-4-14(22)11-21-8-3-7-19-21/h3,5-8,10,14H,2,4,9,11-12H2,1H3/t14-/m1/s1. The van der Waals surface area contributed by atoms with Crippen LogP contribution in [0, 0.1) is 0 Å². The molecule has 1 atom stereocenters. The lowest BCUT2D eigenvalue weighted by Crippen LogP contribution is -2.43. The van der Waals surface area contributed by atoms with Crippen molar-refractivity contribution in [3.8, 4) is 0 Å². The molecule has 23 heavy (non-hydrogen) atoms. The molecule has 3 heterocycles. The third-order valence-electron chi connectivity index (χ3n) is 4.13. The third kappa shape index (κ3) is 3.82. The zero-order chi connectivity index (χ0) is 16.2. The fourth-order valence-corrected chi connectivity index (χ4v) is 3.06. The zero-order valence-corrected chi connectivity index (χ0v) is 13.9. The summed E-state index contributed by atoms with van der Waals surface area (Å²) in [5.74, 6) is 0.865. The Balaban J connectivity index is 1.61. The Kier molecular flexibility index (Phi) is 4.81. The van der Waals surface area contributed by atoms with Gasteiger partial charge in [-0.3, -0.25) is 9.48 Å². The summed E-state index contributed by atoms with van der Waals surface area (Å²) in [7, 11) is 1.87. The predicted molar refractivity (Wildman–Crippen MR) is 89.5 cm³/mol. The number of halogens is 1. The number of likely N-dealkylation sites (tertiary alicyclic amines) is 1. The molecule has 1 fully saturated rings. The minimum absolute atomic E-state index is 0.124. The molecule has 0 unspecified atom stereocenters. The van der Waals surface area contributed by atoms with Gasteiger partial charge >= 0.3 is 0 Å². The van der Waals surface area contributed by atoms with E-state index in [1.54, 1.807) is 18.5 Å². The zero-order valence-electron chi connectivity index (χ0n) is 13.1. The van der Waals surface area contributed by atoms with Crippen LogP contribution in [0.25, 0.3) is 0 Å². The van der Waals surface area contributed by atoms with Gasteiger partial charge in [0, 0.05) is 32.2 Å². The van der Waals surface area contributed by atoms with Crippen LogP contribution in [0.1, 0.15) is 12.8 Å². The second-order valence-electron chi connectivity index (χ2n) is 5.80. The van der Waals surface area contributed by atoms with Crippen molar-refractivity contribution < 1.29 is 4.79 Å². The molecule has 3 rings (SSSR count). The van der Waals surface area contributed by atoms with Crippen molar-refractivity contribution in [2.75, 3.05) is 25.0 Å². The third-order valence-corrected chi connectivity index (χ3v) is 4.35. The molecule has 122 valence electrons. The van der Waals surface area contributed by atoms with Crippen molar-refractivity contribution in [2.45, 2.75) is 25.4 Å². The van der Waals surface area contributed by atoms with Gasteiger partial charge in [-0.2, -0.15) is 5.10 Å². The van der Waals surface area contributed by atoms with Crippen LogP contribution in [0.5, 0.6) is 0 Å². The van der Waals surface area contributed by atoms with E-state index >= 15 is 0 Å². The van der Waals surface area contributed by atoms with E-state index in [-0.39, 0.29) is 11.9 Å². The van der Waals surface area contributed by atoms with E-state index < -0.39 is 0 Å². The van der Waals surface area contributed by atoms with Gasteiger partial charge in [-0.15, -0.1) is 0 Å². The summed E-state index contributed by atoms with van der Waals surface area (Å²) < 4.78 is 1.89. The first-order valence-corrected chi connectivity index (χ1v) is 8.11. The summed E-state index contributed by atoms with van der Waals surface area (Å²) in [6, 6.07) is 5.72. The van der Waals surface area contributed by atoms with Crippen LogP contribution in [0.2, 0.25) is 5.02 Å². The first-order chi connectivity index (χ1) is 11.1. The van der Waals surface area contributed by atoms with Gasteiger partial charge in [-0.1, -0.05) is 11.6 Å². The maximum absolute atomic E-state index is 12.6. The molecule has 0 aromatic carbocycles. The number of amides is 1. The number of nitrogens with zero attached hydrogens (tertiary/aromatic N) is 5. The molecule has 6 nitrogen and oxygen atoms in total. The highest BCUT2D eigenvalue weighted by Gasteiger charge is 2.29. The second kappa shape index (κ2) is 7.00. The smallest absolute Gasteiger partial charge is 0.242 e. The van der Waals surface area contributed by atoms with Crippen molar-refractivity contribution in [1.29, 1.82) is 0 Å². The number of hydrogen-bond donors (Lipinski definition) is 0. The molecular weight excluding hydrogens is 314 g/mol. The predicted octanol–water partition coefficient (Wildman–Crippen LogP) is 2.06. The summed E-state index contributed by atoms with van der Waals surface area (Å²) in [6.07, 6.45) is 7.36. The van der Waals surface area contributed by atoms with Gasteiger partial charge in [0.05, 0.1) is 24.2 Å². The Hall–Kier alpha value is -2.08. The first kappa shape index (κ1) is 15.8. The van der Waals surface area contributed by atoms with Crippen molar-refractivity contribution in [3.63, 3.8) is 0 Å². The second-order valence-corrected chi connectivity index (χ2v) is 6.24. The topological polar surface area (TPSA) is 54.3 Å². The molecule has 1 aliphatic rings. The van der Waals surface area contributed by atoms with Crippen molar-refractivity contribution >= 4 is 23.3 Å². The van der Waals surface area contributed by atoms with Crippen LogP contribution in [0.4, 0.5) is 5.82 Å². The molecule has 1 saturated heterocycles. The number of anilines is 1. The molecule has 1 amide bonds. The lowest BCUT2D eigenvalue weighted by molar-refractivity contribution is -0.130. The monoisotopic (exact) mass is 333 g/mol. The fourth-order valence-electron chi connectivity index (χ4n) is 2.95. The summed E-state index contributed by atoms with van der Waals surface area (Å²) in [4.78, 5) is 20.7. The molecule has 7 heteroatoms. The molecule has 0 N–H and O–H groups in total. The van der Waals surface area contributed by atoms with E-state index in [0.29, 0.717) is 11.6 Å². The van der Waals surface area contributed by atoms with E-state index in [0.717, 1.165) is 31.7 Å². The van der Waals surface area contributed by atoms with Gasteiger partial charge in [-0.05, 0) is 31.0 Å². The molecule has 0 spiro atoms. The van der Waals surface area contributed by atoms with E-state index in [9.17, 15) is 4.79 Å². The molecule has 2 aromatic rings. The number of carbonyl (C=O) groups is 1. The molecule has 0 saturated carbocycles. The number of rotatable bonds is 5. The Morgan fingerprint density at radius 1 is 1.48 bits per heavy atom. The highest BCUT2D eigenvalue weighted by molar-refractivity contribution is 6.30. The summed E-state index contributed by atoms with van der Waals surface area (Å²) in [5.41, 5.74) is 0. The van der Waals surface area contributed by atoms with Crippen molar-refractivity contribution in [2.24, 2.45) is 0 Å². The lowest BCUT2D eigenvalue weighted by Gasteiger charge is -2.27. The van der Waals surface area contributed by atoms with E-state index in [1.807, 2.05) is 39.9 Å². The minimum Gasteiger partial charge on any atom is -0.350 e. The number of likely N-dealkylation sites (N-methyl/N-ethyl adjacent to an activating group) is 1. The lowest BCUT2D eigenvalue weighted by atomic mass is 10.2. The van der Waals surface area contributed by atoms with Crippen LogP contribution < -0.4 is 4.90 Å². The molecule has 0 aliphatic carbocycles. The van der Waals surface area contributed by atoms with Crippen LogP contribution in [-0.2, 0) is 11.3 Å². The summed E-state index contributed by atoms with van der Waals surface area (Å²) in [5, 5.41) is 4.83. The SMILES string of the molecule is CN(CC(=O)N1CCC[C@@H]1Cn1cccn1)c1ccc(Cl)cn1. The maximum atomic E-state index is 12.6. The van der Waals surface area contributed by atoms with E-state index in [1.165, 1.54) is 0 Å². The van der Waals surface area contributed by atoms with Gasteiger partial charge in [0.25, 0.3) is 0 Å². The molecular formula is C16H20ClN5O. The Bertz CT molecular complexity index is 643. The highest BCUT2D eigenvalue weighted by Crippen LogP contribution is 2.20. The van der Waals surface area contributed by atoms with Gasteiger partial charge < -0.3 is 9.80 Å². The summed E-state index contributed by atoms with van der Waals surface area (Å²) in [6.45, 7) is 1.87. The number of aromatic nitrogens is 3. The maximum Gasteiger partial charge on any atom is 0.242 e. The van der Waals surface area contributed by atoms with Gasteiger partial charge in [0.2, 0.25) is 5.91 Å². The van der Waals surface area contributed by atoms with E-state index in [2.05, 4.69) is 10.1 Å². The Morgan fingerprint density at radius 3 is 3.04 bits per heavy atom. The van der Waals surface area contributed by atoms with Crippen LogP contribution in [-0.4, -0.2) is 51.8 Å². The average Bonchev–Trinajstić information content (AvgIpc) is 3.20. The fraction of sp³-hybridized carbons (Fsp3) is 0.438. The van der Waals surface area contributed by atoms with Crippen molar-refractivity contribution in [3.05, 3.63) is 41.8 Å². The average molecular weight is 334 g/mol. The van der Waals surface area contributed by atoms with Crippen LogP contribution in [0.3, 0.4) is 0 Å². The molecule has 2 aromatic heterocycles.